The van der Waals surface area contributed by atoms with Gasteiger partial charge in [0.05, 0.1) is 0 Å². The molecule has 0 aliphatic rings. The van der Waals surface area contributed by atoms with Gasteiger partial charge in [0.25, 0.3) is 5.16 Å². The molecule has 0 fully saturated rings. The molecule has 0 spiro atoms. The molecule has 0 N–H and O–H groups in total. The first-order chi connectivity index (χ1) is 15.0. The molecule has 0 bridgehead atoms. The van der Waals surface area contributed by atoms with Crippen LogP contribution in [0.15, 0.2) is 65.8 Å². The van der Waals surface area contributed by atoms with Crippen molar-refractivity contribution in [2.45, 2.75) is 11.2 Å². The van der Waals surface area contributed by atoms with Crippen LogP contribution in [-0.2, 0) is 0 Å². The molecule has 13 heteroatoms. The Morgan fingerprint density at radius 3 is 1.84 bits per heavy atom. The van der Waals surface area contributed by atoms with Crippen molar-refractivity contribution < 1.29 is 9.85 Å². The van der Waals surface area contributed by atoms with Crippen molar-refractivity contribution in [1.29, 1.82) is 0 Å². The first-order valence-corrected chi connectivity index (χ1v) is 10.1. The average molecular weight is 438 g/mol. The van der Waals surface area contributed by atoms with E-state index in [0.29, 0.717) is 0 Å². The molecule has 2 aromatic carbocycles. The molecule has 2 heterocycles. The Morgan fingerprint density at radius 2 is 1.35 bits per heavy atom. The van der Waals surface area contributed by atoms with Crippen molar-refractivity contribution in [1.82, 2.24) is 29.5 Å². The van der Waals surface area contributed by atoms with E-state index in [1.165, 1.54) is 4.68 Å². The van der Waals surface area contributed by atoms with E-state index in [0.717, 1.165) is 27.6 Å². The van der Waals surface area contributed by atoms with Crippen LogP contribution in [0.3, 0.4) is 0 Å². The number of nitro groups is 2. The molecule has 0 radical (unpaired) electrons. The predicted octanol–water partition coefficient (Wildman–Crippen LogP) is 3.03. The minimum absolute atomic E-state index is 0.0608. The summed E-state index contributed by atoms with van der Waals surface area (Å²) in [4.78, 5) is 29.1. The van der Waals surface area contributed by atoms with E-state index in [2.05, 4.69) is 20.2 Å². The van der Waals surface area contributed by atoms with Gasteiger partial charge >= 0.3 is 17.8 Å². The van der Waals surface area contributed by atoms with Crippen LogP contribution in [0.25, 0.3) is 5.95 Å². The Bertz CT molecular complexity index is 1200. The zero-order chi connectivity index (χ0) is 22.0. The lowest BCUT2D eigenvalue weighted by Gasteiger charge is -2.16. The van der Waals surface area contributed by atoms with Gasteiger partial charge in [0.1, 0.15) is 6.04 Å². The average Bonchev–Trinajstić information content (AvgIpc) is 3.40. The second-order valence-corrected chi connectivity index (χ2v) is 6.98. The molecule has 0 atom stereocenters. The molecule has 0 aliphatic heterocycles. The molecule has 0 amide bonds. The van der Waals surface area contributed by atoms with Crippen molar-refractivity contribution >= 4 is 23.7 Å². The lowest BCUT2D eigenvalue weighted by Crippen LogP contribution is -2.19. The van der Waals surface area contributed by atoms with Crippen molar-refractivity contribution in [2.75, 3.05) is 6.26 Å². The number of benzene rings is 2. The number of aromatic nitrogens is 6. The second-order valence-electron chi connectivity index (χ2n) is 6.20. The Labute approximate surface area is 178 Å². The van der Waals surface area contributed by atoms with Gasteiger partial charge in [-0.1, -0.05) is 77.1 Å². The highest BCUT2D eigenvalue weighted by Crippen LogP contribution is 2.30. The number of hydrogen-bond acceptors (Lipinski definition) is 9. The number of thioether (sulfide) groups is 1. The summed E-state index contributed by atoms with van der Waals surface area (Å²) in [7, 11) is 0. The summed E-state index contributed by atoms with van der Waals surface area (Å²) in [6, 6.07) is 17.9. The number of hydrogen-bond donors (Lipinski definition) is 0. The summed E-state index contributed by atoms with van der Waals surface area (Å²) in [5, 5.41) is 30.8. The third-order valence-corrected chi connectivity index (χ3v) is 4.97. The molecule has 0 unspecified atom stereocenters. The minimum atomic E-state index is -0.739. The van der Waals surface area contributed by atoms with E-state index in [-0.39, 0.29) is 11.1 Å². The molecule has 4 aromatic rings. The molecule has 12 nitrogen and oxygen atoms in total. The summed E-state index contributed by atoms with van der Waals surface area (Å²) >= 11 is 1.09. The number of nitrogens with zero attached hydrogens (tertiary/aromatic N) is 8. The maximum atomic E-state index is 11.5. The molecule has 0 saturated heterocycles. The third kappa shape index (κ3) is 3.85. The van der Waals surface area contributed by atoms with Gasteiger partial charge in [-0.25, -0.2) is 0 Å². The van der Waals surface area contributed by atoms with Gasteiger partial charge in [-0.2, -0.15) is 0 Å². The van der Waals surface area contributed by atoms with Crippen molar-refractivity contribution in [3.05, 3.63) is 92.0 Å². The van der Waals surface area contributed by atoms with E-state index in [9.17, 15) is 20.2 Å². The lowest BCUT2D eigenvalue weighted by atomic mass is 9.99. The maximum absolute atomic E-state index is 11.5. The molecule has 156 valence electrons. The molecule has 0 aliphatic carbocycles. The SMILES string of the molecule is CSc1nc([N+](=O)[O-])nn1-c1nc([N+](=O)[O-])nn1C(c1ccccc1)c1ccccc1. The van der Waals surface area contributed by atoms with Gasteiger partial charge < -0.3 is 20.2 Å². The molecular formula is C18H14N8O4S. The largest absolute Gasteiger partial charge is 0.493 e. The summed E-state index contributed by atoms with van der Waals surface area (Å²) in [6.07, 6.45) is 1.66. The Morgan fingerprint density at radius 1 is 0.839 bits per heavy atom. The Balaban J connectivity index is 1.99. The van der Waals surface area contributed by atoms with Crippen molar-refractivity contribution in [3.8, 4) is 5.95 Å². The predicted molar refractivity (Wildman–Crippen MR) is 110 cm³/mol. The van der Waals surface area contributed by atoms with Crippen LogP contribution >= 0.6 is 11.8 Å². The fraction of sp³-hybridized carbons (Fsp3) is 0.111. The Hall–Kier alpha value is -4.13. The summed E-state index contributed by atoms with van der Waals surface area (Å²) < 4.78 is 2.43. The van der Waals surface area contributed by atoms with Crippen LogP contribution in [0.2, 0.25) is 0 Å². The van der Waals surface area contributed by atoms with E-state index >= 15 is 0 Å². The quantitative estimate of drug-likeness (QED) is 0.241. The highest BCUT2D eigenvalue weighted by molar-refractivity contribution is 7.98. The van der Waals surface area contributed by atoms with Crippen LogP contribution in [0.1, 0.15) is 17.2 Å². The summed E-state index contributed by atoms with van der Waals surface area (Å²) in [6.45, 7) is 0. The van der Waals surface area contributed by atoms with Gasteiger partial charge in [-0.05, 0) is 37.2 Å². The maximum Gasteiger partial charge on any atom is 0.493 e. The summed E-state index contributed by atoms with van der Waals surface area (Å²) in [5.41, 5.74) is 1.57. The topological polar surface area (TPSA) is 148 Å². The van der Waals surface area contributed by atoms with Gasteiger partial charge in [0.15, 0.2) is 0 Å². The molecule has 31 heavy (non-hydrogen) atoms. The van der Waals surface area contributed by atoms with E-state index in [4.69, 9.17) is 0 Å². The van der Waals surface area contributed by atoms with Gasteiger partial charge in [0, 0.05) is 10.2 Å². The highest BCUT2D eigenvalue weighted by atomic mass is 32.2. The van der Waals surface area contributed by atoms with Crippen molar-refractivity contribution in [3.63, 3.8) is 0 Å². The van der Waals surface area contributed by atoms with Gasteiger partial charge in [-0.3, -0.25) is 0 Å². The molecular weight excluding hydrogens is 424 g/mol. The standard InChI is InChI=1S/C18H14N8O4S/c1-31-18-20-16(26(29)30)22-24(18)17-19-15(25(27)28)21-23(17)14(12-8-4-2-5-9-12)13-10-6-3-7-11-13/h2-11,14H,1H3. The second kappa shape index (κ2) is 8.31. The van der Waals surface area contributed by atoms with Crippen LogP contribution in [0, 0.1) is 20.2 Å². The third-order valence-electron chi connectivity index (χ3n) is 4.34. The highest BCUT2D eigenvalue weighted by Gasteiger charge is 2.35. The van der Waals surface area contributed by atoms with Crippen LogP contribution in [0.4, 0.5) is 11.9 Å². The Kier molecular flexibility index (Phi) is 5.41. The van der Waals surface area contributed by atoms with Crippen LogP contribution in [-0.4, -0.2) is 45.6 Å². The normalized spacial score (nSPS) is 11.0. The lowest BCUT2D eigenvalue weighted by molar-refractivity contribution is -0.394. The minimum Gasteiger partial charge on any atom is -0.390 e. The zero-order valence-corrected chi connectivity index (χ0v) is 16.8. The first kappa shape index (κ1) is 20.2. The molecule has 4 rings (SSSR count). The van der Waals surface area contributed by atoms with E-state index < -0.39 is 27.8 Å². The van der Waals surface area contributed by atoms with E-state index in [1.807, 2.05) is 60.7 Å². The monoisotopic (exact) mass is 438 g/mol. The van der Waals surface area contributed by atoms with Gasteiger partial charge in [-0.15, -0.1) is 4.68 Å². The smallest absolute Gasteiger partial charge is 0.390 e. The fourth-order valence-corrected chi connectivity index (χ4v) is 3.54. The number of rotatable bonds is 7. The molecule has 0 saturated carbocycles. The van der Waals surface area contributed by atoms with Crippen LogP contribution in [0.5, 0.6) is 0 Å². The fourth-order valence-electron chi connectivity index (χ4n) is 3.07. The first-order valence-electron chi connectivity index (χ1n) is 8.86. The zero-order valence-electron chi connectivity index (χ0n) is 16.0. The van der Waals surface area contributed by atoms with Crippen LogP contribution < -0.4 is 0 Å². The van der Waals surface area contributed by atoms with E-state index in [1.54, 1.807) is 6.26 Å². The summed E-state index contributed by atoms with van der Waals surface area (Å²) in [5.74, 6) is -1.36. The van der Waals surface area contributed by atoms with Crippen molar-refractivity contribution in [2.24, 2.45) is 0 Å². The molecule has 2 aromatic heterocycles. The van der Waals surface area contributed by atoms with Gasteiger partial charge in [0.2, 0.25) is 0 Å².